The maximum atomic E-state index is 13.9. The number of halogens is 2. The summed E-state index contributed by atoms with van der Waals surface area (Å²) in [5.74, 6) is -0.922. The van der Waals surface area contributed by atoms with E-state index >= 15 is 0 Å². The molecule has 4 N–H and O–H groups in total. The first-order valence-corrected chi connectivity index (χ1v) is 46.2. The van der Waals surface area contributed by atoms with Crippen molar-refractivity contribution in [2.24, 2.45) is 10.8 Å². The van der Waals surface area contributed by atoms with Crippen LogP contribution in [0.1, 0.15) is 133 Å². The number of pyridine rings is 2. The molecule has 8 aliphatic rings. The molecule has 6 aromatic carbocycles. The van der Waals surface area contributed by atoms with Gasteiger partial charge in [-0.1, -0.05) is 83.6 Å². The van der Waals surface area contributed by atoms with Gasteiger partial charge in [0.2, 0.25) is 0 Å². The molecule has 0 unspecified atom stereocenters. The Kier molecular flexibility index (Phi) is 25.7. The zero-order chi connectivity index (χ0) is 85.7. The predicted octanol–water partition coefficient (Wildman–Crippen LogP) is 16.6. The Labute approximate surface area is 729 Å². The molecule has 124 heavy (non-hydrogen) atoms. The summed E-state index contributed by atoms with van der Waals surface area (Å²) in [6, 6.07) is 41.3. The van der Waals surface area contributed by atoms with Crippen LogP contribution in [0.5, 0.6) is 23.0 Å². The lowest BCUT2D eigenvalue weighted by atomic mass is 9.59. The van der Waals surface area contributed by atoms with Crippen LogP contribution in [0.25, 0.3) is 33.2 Å². The van der Waals surface area contributed by atoms with Crippen LogP contribution in [0, 0.1) is 31.1 Å². The van der Waals surface area contributed by atoms with E-state index in [9.17, 15) is 46.7 Å². The Morgan fingerprint density at radius 1 is 0.508 bits per heavy atom. The quantitative estimate of drug-likeness (QED) is 0.0289. The van der Waals surface area contributed by atoms with Gasteiger partial charge < -0.3 is 48.2 Å². The largest absolute Gasteiger partial charge is 0.455 e. The van der Waals surface area contributed by atoms with Crippen molar-refractivity contribution in [3.05, 3.63) is 245 Å². The van der Waals surface area contributed by atoms with E-state index in [1.165, 1.54) is 121 Å². The maximum absolute atomic E-state index is 13.9. The van der Waals surface area contributed by atoms with Gasteiger partial charge in [-0.3, -0.25) is 39.6 Å². The number of fused-ring (bicyclic) bond motifs is 2. The number of sulfonamides is 2. The zero-order valence-corrected chi connectivity index (χ0v) is 71.8. The summed E-state index contributed by atoms with van der Waals surface area (Å²) < 4.78 is 93.8. The molecule has 0 bridgehead atoms. The van der Waals surface area contributed by atoms with Crippen LogP contribution in [-0.2, 0) is 51.8 Å². The number of ether oxygens (including phenoxy) is 6. The number of benzene rings is 6. The SMILES string of the molecule is O=C(NS(=O)(=O)c1ccc(CC[C@@H]2COCCO2)c([N+](=O)[O-])c1)c1ccc(N2CCN(CC3=C(c4ccc(Cl)cc4)CC4(CCC4)CC3)CC2)cc1Oc1cnc2[nH]ccc2c1.O=C(NS(=O)(=O)c1ccc(CC[C@H]2COCCO2)c([N+](=O)[O-])c1)c1ccc(N2CCN(CC3=C(c4ccc(Cl)cc4)CC4(CCC4)CC3)CC2)cc1Oc1cnc2[nH]ccc2c1. The van der Waals surface area contributed by atoms with Gasteiger partial charge in [0, 0.05) is 145 Å². The van der Waals surface area contributed by atoms with Gasteiger partial charge in [0.15, 0.2) is 0 Å². The fourth-order valence-electron chi connectivity index (χ4n) is 18.5. The van der Waals surface area contributed by atoms with Crippen molar-refractivity contribution in [1.82, 2.24) is 39.2 Å². The molecule has 10 aromatic rings. The van der Waals surface area contributed by atoms with Crippen molar-refractivity contribution in [1.29, 1.82) is 0 Å². The van der Waals surface area contributed by atoms with E-state index in [-0.39, 0.29) is 59.1 Å². The van der Waals surface area contributed by atoms with Crippen molar-refractivity contribution in [2.45, 2.75) is 125 Å². The molecule has 648 valence electrons. The number of hydrogen-bond acceptors (Lipinski definition) is 22. The molecule has 4 aliphatic carbocycles. The van der Waals surface area contributed by atoms with Gasteiger partial charge in [-0.25, -0.2) is 36.2 Å². The van der Waals surface area contributed by atoms with Crippen LogP contribution in [-0.4, -0.2) is 186 Å². The number of aromatic amines is 2. The number of hydrogen-bond donors (Lipinski definition) is 4. The van der Waals surface area contributed by atoms with E-state index in [2.05, 4.69) is 73.2 Å². The van der Waals surface area contributed by atoms with Crippen molar-refractivity contribution < 1.29 is 64.7 Å². The number of aromatic nitrogens is 4. The van der Waals surface area contributed by atoms with Gasteiger partial charge >= 0.3 is 0 Å². The summed E-state index contributed by atoms with van der Waals surface area (Å²) in [6.45, 7) is 10.8. The standard InChI is InChI=1S/2C46H49ClN6O8S/c2*47-35-6-2-31(3-7-35)41-27-46(14-1-15-46)16-12-34(41)29-51-18-20-52(21-19-51)36-8-11-40(43(25-36)61-38-24-33-13-17-48-44(33)49-28-38)45(54)50-62(57,58)39-10-5-32(42(26-39)53(55)56)4-9-37-30-59-22-23-60-37/h2*2-3,5-8,10-11,13,17,24-26,28,37H,1,4,9,12,14-16,18-23,27,29-30H2,(H,48,49)(H,50,54)/t2*37-/m10/s1. The van der Waals surface area contributed by atoms with Gasteiger partial charge in [0.25, 0.3) is 43.2 Å². The number of rotatable bonds is 26. The number of aryl methyl sites for hydroxylation is 2. The van der Waals surface area contributed by atoms with E-state index in [4.69, 9.17) is 51.6 Å². The minimum absolute atomic E-state index is 0.0332. The molecule has 6 fully saturated rings. The normalized spacial score (nSPS) is 19.4. The van der Waals surface area contributed by atoms with Crippen molar-refractivity contribution in [2.75, 3.05) is 115 Å². The third-order valence-electron chi connectivity index (χ3n) is 25.8. The number of carbonyl (C=O) groups excluding carboxylic acids is 2. The Morgan fingerprint density at radius 3 is 1.29 bits per heavy atom. The first kappa shape index (κ1) is 85.5. The molecule has 8 heterocycles. The highest BCUT2D eigenvalue weighted by Gasteiger charge is 2.43. The average molecular weight is 1760 g/mol. The summed E-state index contributed by atoms with van der Waals surface area (Å²) in [6.07, 6.45) is 22.5. The number of nitrogens with zero attached hydrogens (tertiary/aromatic N) is 8. The minimum atomic E-state index is -4.55. The minimum Gasteiger partial charge on any atom is -0.455 e. The molecular formula is C92H98Cl2N12O16S2. The third-order valence-corrected chi connectivity index (χ3v) is 29.0. The first-order valence-electron chi connectivity index (χ1n) is 42.5. The highest BCUT2D eigenvalue weighted by atomic mass is 35.5. The van der Waals surface area contributed by atoms with Crippen LogP contribution in [0.3, 0.4) is 0 Å². The number of H-pyrrole nitrogens is 2. The predicted molar refractivity (Wildman–Crippen MR) is 473 cm³/mol. The number of piperazine rings is 2. The number of nitrogens with one attached hydrogen (secondary N) is 4. The number of amides is 2. The fourth-order valence-corrected chi connectivity index (χ4v) is 20.7. The van der Waals surface area contributed by atoms with Gasteiger partial charge in [-0.15, -0.1) is 0 Å². The summed E-state index contributed by atoms with van der Waals surface area (Å²) in [7, 11) is -9.10. The zero-order valence-electron chi connectivity index (χ0n) is 68.6. The van der Waals surface area contributed by atoms with E-state index in [0.29, 0.717) is 97.2 Å². The summed E-state index contributed by atoms with van der Waals surface area (Å²) in [4.78, 5) is 74.4. The number of allylic oxidation sites excluding steroid dienone is 2. The van der Waals surface area contributed by atoms with Crippen LogP contribution in [0.4, 0.5) is 22.7 Å². The van der Waals surface area contributed by atoms with Crippen LogP contribution in [0.2, 0.25) is 10.0 Å². The molecule has 2 spiro atoms. The van der Waals surface area contributed by atoms with Crippen LogP contribution < -0.4 is 28.7 Å². The lowest BCUT2D eigenvalue weighted by Gasteiger charge is -2.47. The van der Waals surface area contributed by atoms with Gasteiger partial charge in [0.1, 0.15) is 34.3 Å². The fraction of sp³-hybridized carbons (Fsp3) is 0.391. The maximum Gasteiger partial charge on any atom is 0.273 e. The molecule has 2 atom stereocenters. The van der Waals surface area contributed by atoms with E-state index in [1.54, 1.807) is 60.9 Å². The second-order valence-corrected chi connectivity index (χ2v) is 37.9. The van der Waals surface area contributed by atoms with E-state index in [1.807, 2.05) is 36.4 Å². The number of anilines is 2. The number of carbonyl (C=O) groups is 2. The van der Waals surface area contributed by atoms with Crippen molar-refractivity contribution in [3.63, 3.8) is 0 Å². The molecular weight excluding hydrogens is 1660 g/mol. The molecule has 4 aromatic heterocycles. The average Bonchev–Trinajstić information content (AvgIpc) is 0.776. The Bertz CT molecular complexity index is 5590. The molecule has 4 aliphatic heterocycles. The highest BCUT2D eigenvalue weighted by molar-refractivity contribution is 7.90. The van der Waals surface area contributed by atoms with Crippen molar-refractivity contribution in [3.8, 4) is 23.0 Å². The van der Waals surface area contributed by atoms with Crippen molar-refractivity contribution >= 4 is 111 Å². The molecule has 0 radical (unpaired) electrons. The van der Waals surface area contributed by atoms with E-state index in [0.717, 1.165) is 135 Å². The summed E-state index contributed by atoms with van der Waals surface area (Å²) in [5, 5.41) is 27.3. The Hall–Kier alpha value is -10.6. The topological polar surface area (TPSA) is 338 Å². The Morgan fingerprint density at radius 2 is 0.919 bits per heavy atom. The molecule has 18 rings (SSSR count). The summed E-state index contributed by atoms with van der Waals surface area (Å²) >= 11 is 12.6. The molecule has 2 saturated carbocycles. The number of nitro benzene ring substituents is 2. The second-order valence-electron chi connectivity index (χ2n) is 33.7. The molecule has 4 saturated heterocycles. The third kappa shape index (κ3) is 19.9. The molecule has 2 amide bonds. The van der Waals surface area contributed by atoms with Crippen LogP contribution >= 0.6 is 23.2 Å². The molecule has 32 heteroatoms. The number of nitro groups is 2. The van der Waals surface area contributed by atoms with Gasteiger partial charge in [0.05, 0.1) is 95.0 Å². The lowest BCUT2D eigenvalue weighted by molar-refractivity contribution is -0.385. The lowest BCUT2D eigenvalue weighted by Crippen LogP contribution is -2.47. The monoisotopic (exact) mass is 1760 g/mol. The molecule has 28 nitrogen and oxygen atoms in total. The highest BCUT2D eigenvalue weighted by Crippen LogP contribution is 2.57. The Balaban J connectivity index is 0.000000176. The van der Waals surface area contributed by atoms with Crippen LogP contribution in [0.15, 0.2) is 191 Å². The van der Waals surface area contributed by atoms with E-state index < -0.39 is 51.5 Å². The summed E-state index contributed by atoms with van der Waals surface area (Å²) in [5.41, 5.74) is 12.3. The first-order chi connectivity index (χ1) is 60.0. The smallest absolute Gasteiger partial charge is 0.273 e. The van der Waals surface area contributed by atoms with Gasteiger partial charge in [-0.05, 0) is 208 Å². The second kappa shape index (κ2) is 37.3. The van der Waals surface area contributed by atoms with Gasteiger partial charge in [-0.2, -0.15) is 0 Å².